The first-order chi connectivity index (χ1) is 14.2. The number of rotatable bonds is 7. The summed E-state index contributed by atoms with van der Waals surface area (Å²) in [6, 6.07) is 19.6. The second kappa shape index (κ2) is 8.97. The zero-order valence-corrected chi connectivity index (χ0v) is 16.5. The number of benzene rings is 3. The predicted molar refractivity (Wildman–Crippen MR) is 113 cm³/mol. The van der Waals surface area contributed by atoms with Gasteiger partial charge in [0.2, 0.25) is 0 Å². The molecule has 4 rings (SSSR count). The Kier molecular flexibility index (Phi) is 5.96. The standard InChI is InChI=1S/C24H25NO4/c1-27-23-11-9-19(24(26)25-15-22-7-4-12-28-22)13-20(23)16-29-21-10-8-17-5-2-3-6-18(17)14-21/h2-3,5-6,8-11,13-14,22H,4,7,12,15-16H2,1H3,(H,25,26)/t22-/m1/s1. The van der Waals surface area contributed by atoms with E-state index >= 15 is 0 Å². The first-order valence-corrected chi connectivity index (χ1v) is 9.91. The van der Waals surface area contributed by atoms with Gasteiger partial charge in [0.1, 0.15) is 18.1 Å². The molecule has 1 aliphatic rings. The largest absolute Gasteiger partial charge is 0.496 e. The number of ether oxygens (including phenoxy) is 3. The van der Waals surface area contributed by atoms with Gasteiger partial charge in [0.25, 0.3) is 5.91 Å². The van der Waals surface area contributed by atoms with E-state index < -0.39 is 0 Å². The van der Waals surface area contributed by atoms with E-state index in [1.165, 1.54) is 5.39 Å². The minimum absolute atomic E-state index is 0.116. The van der Waals surface area contributed by atoms with E-state index in [-0.39, 0.29) is 12.0 Å². The molecule has 29 heavy (non-hydrogen) atoms. The van der Waals surface area contributed by atoms with Gasteiger partial charge in [0.15, 0.2) is 0 Å². The fourth-order valence-electron chi connectivity index (χ4n) is 3.56. The first kappa shape index (κ1) is 19.3. The van der Waals surface area contributed by atoms with E-state index in [1.807, 2.05) is 36.4 Å². The fourth-order valence-corrected chi connectivity index (χ4v) is 3.56. The molecule has 150 valence electrons. The van der Waals surface area contributed by atoms with Crippen molar-refractivity contribution < 1.29 is 19.0 Å². The summed E-state index contributed by atoms with van der Waals surface area (Å²) >= 11 is 0. The van der Waals surface area contributed by atoms with Crippen LogP contribution in [0.2, 0.25) is 0 Å². The minimum atomic E-state index is -0.116. The van der Waals surface area contributed by atoms with Crippen molar-refractivity contribution in [2.75, 3.05) is 20.3 Å². The number of amides is 1. The van der Waals surface area contributed by atoms with Crippen LogP contribution in [0.25, 0.3) is 10.8 Å². The zero-order valence-electron chi connectivity index (χ0n) is 16.5. The maximum absolute atomic E-state index is 12.5. The van der Waals surface area contributed by atoms with E-state index in [4.69, 9.17) is 14.2 Å². The fraction of sp³-hybridized carbons (Fsp3) is 0.292. The van der Waals surface area contributed by atoms with Crippen molar-refractivity contribution in [1.82, 2.24) is 5.32 Å². The van der Waals surface area contributed by atoms with Crippen LogP contribution in [0.1, 0.15) is 28.8 Å². The summed E-state index contributed by atoms with van der Waals surface area (Å²) in [6.07, 6.45) is 2.17. The van der Waals surface area contributed by atoms with Gasteiger partial charge in [-0.15, -0.1) is 0 Å². The van der Waals surface area contributed by atoms with Crippen molar-refractivity contribution in [3.8, 4) is 11.5 Å². The zero-order chi connectivity index (χ0) is 20.1. The Morgan fingerprint density at radius 2 is 1.97 bits per heavy atom. The third-order valence-corrected chi connectivity index (χ3v) is 5.17. The molecule has 1 saturated heterocycles. The molecule has 0 aliphatic carbocycles. The lowest BCUT2D eigenvalue weighted by Gasteiger charge is -2.14. The summed E-state index contributed by atoms with van der Waals surface area (Å²) in [4.78, 5) is 12.5. The summed E-state index contributed by atoms with van der Waals surface area (Å²) in [5, 5.41) is 5.25. The van der Waals surface area contributed by atoms with E-state index in [2.05, 4.69) is 17.4 Å². The van der Waals surface area contributed by atoms with Crippen LogP contribution in [0.5, 0.6) is 11.5 Å². The number of nitrogens with one attached hydrogen (secondary N) is 1. The van der Waals surface area contributed by atoms with E-state index in [0.717, 1.165) is 36.1 Å². The Labute approximate surface area is 170 Å². The van der Waals surface area contributed by atoms with Gasteiger partial charge in [-0.3, -0.25) is 4.79 Å². The molecule has 0 unspecified atom stereocenters. The average molecular weight is 391 g/mol. The molecular weight excluding hydrogens is 366 g/mol. The molecule has 0 aromatic heterocycles. The Morgan fingerprint density at radius 3 is 2.76 bits per heavy atom. The van der Waals surface area contributed by atoms with Crippen LogP contribution < -0.4 is 14.8 Å². The highest BCUT2D eigenvalue weighted by Crippen LogP contribution is 2.25. The van der Waals surface area contributed by atoms with Crippen LogP contribution in [0, 0.1) is 0 Å². The maximum Gasteiger partial charge on any atom is 0.251 e. The number of hydrogen-bond acceptors (Lipinski definition) is 4. The molecule has 1 heterocycles. The number of hydrogen-bond donors (Lipinski definition) is 1. The number of methoxy groups -OCH3 is 1. The normalized spacial score (nSPS) is 16.0. The summed E-state index contributed by atoms with van der Waals surface area (Å²) in [6.45, 7) is 1.63. The van der Waals surface area contributed by atoms with Crippen molar-refractivity contribution in [3.05, 3.63) is 71.8 Å². The summed E-state index contributed by atoms with van der Waals surface area (Å²) < 4.78 is 17.0. The van der Waals surface area contributed by atoms with Gasteiger partial charge in [-0.2, -0.15) is 0 Å². The average Bonchev–Trinajstić information content (AvgIpc) is 3.29. The second-order valence-electron chi connectivity index (χ2n) is 7.17. The summed E-state index contributed by atoms with van der Waals surface area (Å²) in [5.74, 6) is 1.36. The first-order valence-electron chi connectivity index (χ1n) is 9.91. The topological polar surface area (TPSA) is 56.8 Å². The van der Waals surface area contributed by atoms with Crippen molar-refractivity contribution >= 4 is 16.7 Å². The van der Waals surface area contributed by atoms with E-state index in [1.54, 1.807) is 19.2 Å². The third kappa shape index (κ3) is 4.69. The number of carbonyl (C=O) groups is 1. The van der Waals surface area contributed by atoms with Gasteiger partial charge in [-0.25, -0.2) is 0 Å². The van der Waals surface area contributed by atoms with Gasteiger partial charge in [0.05, 0.1) is 13.2 Å². The monoisotopic (exact) mass is 391 g/mol. The third-order valence-electron chi connectivity index (χ3n) is 5.17. The van der Waals surface area contributed by atoms with Crippen molar-refractivity contribution in [2.45, 2.75) is 25.6 Å². The molecule has 3 aromatic rings. The van der Waals surface area contributed by atoms with Crippen molar-refractivity contribution in [3.63, 3.8) is 0 Å². The van der Waals surface area contributed by atoms with Crippen LogP contribution >= 0.6 is 0 Å². The Balaban J connectivity index is 1.44. The van der Waals surface area contributed by atoms with E-state index in [9.17, 15) is 4.79 Å². The van der Waals surface area contributed by atoms with Crippen LogP contribution in [0.4, 0.5) is 0 Å². The Morgan fingerprint density at radius 1 is 1.10 bits per heavy atom. The minimum Gasteiger partial charge on any atom is -0.496 e. The van der Waals surface area contributed by atoms with Crippen LogP contribution in [0.3, 0.4) is 0 Å². The van der Waals surface area contributed by atoms with Gasteiger partial charge in [0, 0.05) is 24.3 Å². The van der Waals surface area contributed by atoms with Crippen molar-refractivity contribution in [2.24, 2.45) is 0 Å². The van der Waals surface area contributed by atoms with Crippen LogP contribution in [-0.2, 0) is 11.3 Å². The number of carbonyl (C=O) groups excluding carboxylic acids is 1. The van der Waals surface area contributed by atoms with E-state index in [0.29, 0.717) is 24.5 Å². The SMILES string of the molecule is COc1ccc(C(=O)NC[C@H]2CCCO2)cc1COc1ccc2ccccc2c1. The molecule has 0 bridgehead atoms. The van der Waals surface area contributed by atoms with Gasteiger partial charge in [-0.05, 0) is 53.9 Å². The Bertz CT molecular complexity index is 995. The molecule has 0 saturated carbocycles. The van der Waals surface area contributed by atoms with Gasteiger partial charge >= 0.3 is 0 Å². The highest BCUT2D eigenvalue weighted by atomic mass is 16.5. The molecule has 1 atom stereocenters. The lowest BCUT2D eigenvalue weighted by Crippen LogP contribution is -2.31. The molecule has 1 amide bonds. The molecule has 0 spiro atoms. The lowest BCUT2D eigenvalue weighted by atomic mass is 10.1. The highest BCUT2D eigenvalue weighted by molar-refractivity contribution is 5.94. The van der Waals surface area contributed by atoms with Crippen LogP contribution in [-0.4, -0.2) is 32.3 Å². The van der Waals surface area contributed by atoms with Crippen molar-refractivity contribution in [1.29, 1.82) is 0 Å². The summed E-state index contributed by atoms with van der Waals surface area (Å²) in [7, 11) is 1.62. The molecule has 0 radical (unpaired) electrons. The smallest absolute Gasteiger partial charge is 0.251 e. The lowest BCUT2D eigenvalue weighted by molar-refractivity contribution is 0.0857. The quantitative estimate of drug-likeness (QED) is 0.651. The number of fused-ring (bicyclic) bond motifs is 1. The van der Waals surface area contributed by atoms with Gasteiger partial charge < -0.3 is 19.5 Å². The molecule has 3 aromatic carbocycles. The second-order valence-corrected chi connectivity index (χ2v) is 7.17. The molecule has 1 N–H and O–H groups in total. The predicted octanol–water partition coefficient (Wildman–Crippen LogP) is 4.34. The molecule has 1 fully saturated rings. The highest BCUT2D eigenvalue weighted by Gasteiger charge is 2.17. The molecule has 5 heteroatoms. The summed E-state index contributed by atoms with van der Waals surface area (Å²) in [5.41, 5.74) is 1.41. The molecule has 5 nitrogen and oxygen atoms in total. The van der Waals surface area contributed by atoms with Gasteiger partial charge in [-0.1, -0.05) is 30.3 Å². The van der Waals surface area contributed by atoms with Crippen LogP contribution in [0.15, 0.2) is 60.7 Å². The Hall–Kier alpha value is -3.05. The molecule has 1 aliphatic heterocycles. The maximum atomic E-state index is 12.5. The molecular formula is C24H25NO4.